The molecule has 2 nitrogen and oxygen atoms in total. The Kier molecular flexibility index (Phi) is 3.03. The third-order valence-corrected chi connectivity index (χ3v) is 1.90. The molecule has 13 heavy (non-hydrogen) atoms. The SMILES string of the molecule is N#CC#Cc1c(Cl)cc(N)cc1Cl. The molecule has 0 unspecified atom stereocenters. The van der Waals surface area contributed by atoms with Crippen LogP contribution in [-0.2, 0) is 0 Å². The van der Waals surface area contributed by atoms with Crippen LogP contribution in [0.1, 0.15) is 5.56 Å². The first-order valence-electron chi connectivity index (χ1n) is 3.29. The predicted molar refractivity (Wildman–Crippen MR) is 53.4 cm³/mol. The number of rotatable bonds is 0. The van der Waals surface area contributed by atoms with Gasteiger partial charge in [0.05, 0.1) is 15.6 Å². The smallest absolute Gasteiger partial charge is 0.152 e. The summed E-state index contributed by atoms with van der Waals surface area (Å²) in [6.07, 6.45) is 0. The Morgan fingerprint density at radius 1 is 1.23 bits per heavy atom. The molecule has 0 aliphatic rings. The fraction of sp³-hybridized carbons (Fsp3) is 0. The standard InChI is InChI=1S/C9H4Cl2N2/c10-8-4-6(13)5-9(11)7(8)2-1-3-12/h4-5H,13H2. The first-order valence-corrected chi connectivity index (χ1v) is 4.05. The van der Waals surface area contributed by atoms with Crippen LogP contribution < -0.4 is 5.73 Å². The third-order valence-electron chi connectivity index (χ3n) is 1.31. The Hall–Kier alpha value is -1.35. The van der Waals surface area contributed by atoms with Gasteiger partial charge in [0.2, 0.25) is 0 Å². The van der Waals surface area contributed by atoms with Gasteiger partial charge in [-0.15, -0.1) is 0 Å². The van der Waals surface area contributed by atoms with E-state index in [4.69, 9.17) is 34.2 Å². The number of benzene rings is 1. The van der Waals surface area contributed by atoms with E-state index in [2.05, 4.69) is 11.8 Å². The van der Waals surface area contributed by atoms with Crippen LogP contribution in [0.4, 0.5) is 5.69 Å². The van der Waals surface area contributed by atoms with Crippen LogP contribution in [-0.4, -0.2) is 0 Å². The van der Waals surface area contributed by atoms with Crippen molar-refractivity contribution in [3.05, 3.63) is 27.7 Å². The van der Waals surface area contributed by atoms with Crippen molar-refractivity contribution >= 4 is 28.9 Å². The molecule has 0 radical (unpaired) electrons. The van der Waals surface area contributed by atoms with Crippen molar-refractivity contribution in [1.29, 1.82) is 5.26 Å². The van der Waals surface area contributed by atoms with Crippen LogP contribution in [0.25, 0.3) is 0 Å². The van der Waals surface area contributed by atoms with E-state index in [0.717, 1.165) is 0 Å². The van der Waals surface area contributed by atoms with Crippen LogP contribution >= 0.6 is 23.2 Å². The van der Waals surface area contributed by atoms with Gasteiger partial charge >= 0.3 is 0 Å². The molecule has 0 amide bonds. The highest BCUT2D eigenvalue weighted by atomic mass is 35.5. The second kappa shape index (κ2) is 4.05. The molecule has 0 saturated carbocycles. The average Bonchev–Trinajstić information content (AvgIpc) is 2.02. The van der Waals surface area contributed by atoms with Crippen molar-refractivity contribution in [3.63, 3.8) is 0 Å². The van der Waals surface area contributed by atoms with Gasteiger partial charge in [0.25, 0.3) is 0 Å². The molecule has 0 aliphatic heterocycles. The van der Waals surface area contributed by atoms with Gasteiger partial charge in [0.1, 0.15) is 0 Å². The largest absolute Gasteiger partial charge is 0.399 e. The van der Waals surface area contributed by atoms with Crippen LogP contribution in [0, 0.1) is 23.2 Å². The Balaban J connectivity index is 3.31. The molecular formula is C9H4Cl2N2. The third kappa shape index (κ3) is 2.29. The maximum absolute atomic E-state index is 8.23. The summed E-state index contributed by atoms with van der Waals surface area (Å²) in [5, 5.41) is 8.94. The van der Waals surface area contributed by atoms with Crippen molar-refractivity contribution in [2.45, 2.75) is 0 Å². The van der Waals surface area contributed by atoms with E-state index in [1.165, 1.54) is 12.1 Å². The van der Waals surface area contributed by atoms with Gasteiger partial charge in [-0.2, -0.15) is 5.26 Å². The zero-order valence-electron chi connectivity index (χ0n) is 6.44. The van der Waals surface area contributed by atoms with Gasteiger partial charge in [-0.25, -0.2) is 0 Å². The number of nitriles is 1. The Morgan fingerprint density at radius 3 is 2.23 bits per heavy atom. The van der Waals surface area contributed by atoms with E-state index in [1.807, 2.05) is 0 Å². The number of nitrogens with two attached hydrogens (primary N) is 1. The molecular weight excluding hydrogens is 207 g/mol. The van der Waals surface area contributed by atoms with Crippen LogP contribution in [0.3, 0.4) is 0 Å². The minimum absolute atomic E-state index is 0.354. The molecule has 64 valence electrons. The van der Waals surface area contributed by atoms with Gasteiger partial charge in [0, 0.05) is 11.6 Å². The first kappa shape index (κ1) is 9.74. The van der Waals surface area contributed by atoms with Crippen molar-refractivity contribution in [3.8, 4) is 17.9 Å². The zero-order chi connectivity index (χ0) is 9.84. The van der Waals surface area contributed by atoms with E-state index in [-0.39, 0.29) is 0 Å². The van der Waals surface area contributed by atoms with Gasteiger partial charge in [-0.1, -0.05) is 23.2 Å². The van der Waals surface area contributed by atoms with Crippen LogP contribution in [0.2, 0.25) is 10.0 Å². The van der Waals surface area contributed by atoms with Crippen LogP contribution in [0.15, 0.2) is 12.1 Å². The summed E-state index contributed by atoms with van der Waals surface area (Å²) in [6.45, 7) is 0. The van der Waals surface area contributed by atoms with E-state index in [0.29, 0.717) is 21.3 Å². The zero-order valence-corrected chi connectivity index (χ0v) is 7.95. The Morgan fingerprint density at radius 2 is 1.77 bits per heavy atom. The second-order valence-corrected chi connectivity index (χ2v) is 3.04. The second-order valence-electron chi connectivity index (χ2n) is 2.22. The lowest BCUT2D eigenvalue weighted by Crippen LogP contribution is -1.87. The maximum Gasteiger partial charge on any atom is 0.152 e. The molecule has 0 aliphatic carbocycles. The Labute approximate surface area is 85.9 Å². The number of anilines is 1. The minimum atomic E-state index is 0.354. The highest BCUT2D eigenvalue weighted by Crippen LogP contribution is 2.26. The van der Waals surface area contributed by atoms with Crippen molar-refractivity contribution in [1.82, 2.24) is 0 Å². The van der Waals surface area contributed by atoms with E-state index in [1.54, 1.807) is 6.07 Å². The van der Waals surface area contributed by atoms with Gasteiger partial charge in [0.15, 0.2) is 6.07 Å². The average molecular weight is 211 g/mol. The molecule has 2 N–H and O–H groups in total. The lowest BCUT2D eigenvalue weighted by molar-refractivity contribution is 1.55. The van der Waals surface area contributed by atoms with Crippen molar-refractivity contribution in [2.24, 2.45) is 0 Å². The molecule has 0 heterocycles. The quantitative estimate of drug-likeness (QED) is 0.529. The Bertz CT molecular complexity index is 412. The molecule has 1 aromatic carbocycles. The monoisotopic (exact) mass is 210 g/mol. The lowest BCUT2D eigenvalue weighted by atomic mass is 10.2. The van der Waals surface area contributed by atoms with Crippen molar-refractivity contribution in [2.75, 3.05) is 5.73 Å². The number of hydrogen-bond acceptors (Lipinski definition) is 2. The lowest BCUT2D eigenvalue weighted by Gasteiger charge is -2.00. The molecule has 0 spiro atoms. The summed E-state index contributed by atoms with van der Waals surface area (Å²) < 4.78 is 0. The predicted octanol–water partition coefficient (Wildman–Crippen LogP) is 2.45. The highest BCUT2D eigenvalue weighted by Gasteiger charge is 2.03. The first-order chi connectivity index (χ1) is 6.15. The molecule has 4 heteroatoms. The molecule has 0 bridgehead atoms. The topological polar surface area (TPSA) is 49.8 Å². The fourth-order valence-electron chi connectivity index (χ4n) is 0.803. The summed E-state index contributed by atoms with van der Waals surface area (Å²) >= 11 is 11.6. The van der Waals surface area contributed by atoms with Crippen molar-refractivity contribution < 1.29 is 0 Å². The number of nitrogen functional groups attached to an aromatic ring is 1. The fourth-order valence-corrected chi connectivity index (χ4v) is 1.40. The summed E-state index contributed by atoms with van der Waals surface area (Å²) in [5.41, 5.74) is 6.37. The normalized spacial score (nSPS) is 8.38. The number of hydrogen-bond donors (Lipinski definition) is 1. The molecule has 1 aromatic rings. The highest BCUT2D eigenvalue weighted by molar-refractivity contribution is 6.37. The van der Waals surface area contributed by atoms with Gasteiger partial charge < -0.3 is 5.73 Å². The molecule has 0 fully saturated rings. The van der Waals surface area contributed by atoms with Crippen LogP contribution in [0.5, 0.6) is 0 Å². The summed E-state index contributed by atoms with van der Waals surface area (Å²) in [6, 6.07) is 4.75. The van der Waals surface area contributed by atoms with Gasteiger partial charge in [-0.3, -0.25) is 0 Å². The summed E-state index contributed by atoms with van der Waals surface area (Å²) in [4.78, 5) is 0. The number of halogens is 2. The molecule has 1 rings (SSSR count). The maximum atomic E-state index is 8.23. The van der Waals surface area contributed by atoms with E-state index in [9.17, 15) is 0 Å². The van der Waals surface area contributed by atoms with E-state index >= 15 is 0 Å². The molecule has 0 saturated heterocycles. The molecule has 0 atom stereocenters. The minimum Gasteiger partial charge on any atom is -0.399 e. The number of nitrogens with zero attached hydrogens (tertiary/aromatic N) is 1. The summed E-state index contributed by atoms with van der Waals surface area (Å²) in [5.74, 6) is 4.74. The van der Waals surface area contributed by atoms with E-state index < -0.39 is 0 Å². The molecule has 0 aromatic heterocycles. The summed E-state index contributed by atoms with van der Waals surface area (Å²) in [7, 11) is 0. The van der Waals surface area contributed by atoms with Gasteiger partial charge in [-0.05, 0) is 18.1 Å².